The van der Waals surface area contributed by atoms with Gasteiger partial charge in [0.15, 0.2) is 0 Å². The van der Waals surface area contributed by atoms with Crippen LogP contribution in [0.3, 0.4) is 0 Å². The van der Waals surface area contributed by atoms with Gasteiger partial charge < -0.3 is 0 Å². The first-order valence-electron chi connectivity index (χ1n) is 3.02. The second kappa shape index (κ2) is 1.83. The summed E-state index contributed by atoms with van der Waals surface area (Å²) in [5.41, 5.74) is 0. The number of rotatable bonds is 0. The van der Waals surface area contributed by atoms with Crippen LogP contribution in [0.1, 0.15) is 0 Å². The summed E-state index contributed by atoms with van der Waals surface area (Å²) in [6, 6.07) is -0.127. The van der Waals surface area contributed by atoms with Crippen LogP contribution < -0.4 is 0 Å². The van der Waals surface area contributed by atoms with E-state index in [-0.39, 0.29) is 17.9 Å². The SMILES string of the molecule is O=C1N=N[C@@H]2C=NC=C[C@@H]12. The van der Waals surface area contributed by atoms with E-state index in [0.29, 0.717) is 0 Å². The molecule has 2 rings (SSSR count). The van der Waals surface area contributed by atoms with E-state index in [9.17, 15) is 4.79 Å². The van der Waals surface area contributed by atoms with Gasteiger partial charge in [-0.1, -0.05) is 6.08 Å². The fraction of sp³-hybridized carbons (Fsp3) is 0.333. The maximum Gasteiger partial charge on any atom is 0.273 e. The summed E-state index contributed by atoms with van der Waals surface area (Å²) in [7, 11) is 0. The molecule has 0 aromatic heterocycles. The molecule has 2 aliphatic heterocycles. The van der Waals surface area contributed by atoms with Crippen molar-refractivity contribution in [3.63, 3.8) is 0 Å². The minimum absolute atomic E-state index is 0.127. The second-order valence-electron chi connectivity index (χ2n) is 2.21. The highest BCUT2D eigenvalue weighted by Crippen LogP contribution is 2.20. The number of azo groups is 1. The summed E-state index contributed by atoms with van der Waals surface area (Å²) in [6.45, 7) is 0. The van der Waals surface area contributed by atoms with Gasteiger partial charge in [-0.15, -0.1) is 5.11 Å². The summed E-state index contributed by atoms with van der Waals surface area (Å²) in [5, 5.41) is 7.14. The molecular formula is C6H5N3O. The van der Waals surface area contributed by atoms with Crippen molar-refractivity contribution < 1.29 is 4.79 Å². The van der Waals surface area contributed by atoms with Crippen molar-refractivity contribution in [2.75, 3.05) is 0 Å². The number of fused-ring (bicyclic) bond motifs is 1. The number of nitrogens with zero attached hydrogens (tertiary/aromatic N) is 3. The lowest BCUT2D eigenvalue weighted by molar-refractivity contribution is -0.119. The highest BCUT2D eigenvalue weighted by Gasteiger charge is 2.31. The average Bonchev–Trinajstić information content (AvgIpc) is 2.34. The molecule has 2 aliphatic rings. The van der Waals surface area contributed by atoms with Crippen LogP contribution in [-0.2, 0) is 4.79 Å². The third-order valence-electron chi connectivity index (χ3n) is 1.56. The Labute approximate surface area is 57.4 Å². The number of aliphatic imine (C=N–C) groups is 1. The van der Waals surface area contributed by atoms with Crippen molar-refractivity contribution in [2.45, 2.75) is 6.04 Å². The zero-order valence-electron chi connectivity index (χ0n) is 5.14. The van der Waals surface area contributed by atoms with Gasteiger partial charge in [-0.25, -0.2) is 0 Å². The molecule has 0 saturated carbocycles. The molecule has 0 bridgehead atoms. The molecule has 2 heterocycles. The molecule has 0 aromatic rings. The molecule has 10 heavy (non-hydrogen) atoms. The molecule has 0 spiro atoms. The van der Waals surface area contributed by atoms with E-state index in [0.717, 1.165) is 0 Å². The Morgan fingerprint density at radius 3 is 3.20 bits per heavy atom. The predicted molar refractivity (Wildman–Crippen MR) is 34.8 cm³/mol. The van der Waals surface area contributed by atoms with Crippen LogP contribution in [0.5, 0.6) is 0 Å². The van der Waals surface area contributed by atoms with E-state index < -0.39 is 0 Å². The minimum atomic E-state index is -0.169. The first-order chi connectivity index (χ1) is 4.88. The Hall–Kier alpha value is -1.32. The van der Waals surface area contributed by atoms with Crippen LogP contribution in [0, 0.1) is 5.92 Å². The topological polar surface area (TPSA) is 54.1 Å². The van der Waals surface area contributed by atoms with E-state index in [1.54, 1.807) is 18.5 Å². The quantitative estimate of drug-likeness (QED) is 0.478. The Balaban J connectivity index is 2.34. The van der Waals surface area contributed by atoms with Gasteiger partial charge in [0, 0.05) is 12.4 Å². The first-order valence-corrected chi connectivity index (χ1v) is 3.02. The maximum atomic E-state index is 10.8. The molecule has 50 valence electrons. The van der Waals surface area contributed by atoms with Crippen LogP contribution >= 0.6 is 0 Å². The lowest BCUT2D eigenvalue weighted by Gasteiger charge is -2.06. The monoisotopic (exact) mass is 135 g/mol. The third kappa shape index (κ3) is 0.618. The zero-order valence-corrected chi connectivity index (χ0v) is 5.14. The molecule has 0 N–H and O–H groups in total. The zero-order chi connectivity index (χ0) is 6.97. The number of carbonyl (C=O) groups excluding carboxylic acids is 1. The maximum absolute atomic E-state index is 10.8. The standard InChI is InChI=1S/C6H5N3O/c10-6-4-1-2-7-3-5(4)8-9-6/h1-5H/t4-,5-/m1/s1. The summed E-state index contributed by atoms with van der Waals surface area (Å²) in [6.07, 6.45) is 4.97. The molecule has 0 fully saturated rings. The van der Waals surface area contributed by atoms with Gasteiger partial charge in [0.05, 0.1) is 5.92 Å². The fourth-order valence-electron chi connectivity index (χ4n) is 1.01. The Kier molecular flexibility index (Phi) is 1.00. The average molecular weight is 135 g/mol. The fourth-order valence-corrected chi connectivity index (χ4v) is 1.01. The normalized spacial score (nSPS) is 35.0. The van der Waals surface area contributed by atoms with Crippen molar-refractivity contribution in [3.8, 4) is 0 Å². The Morgan fingerprint density at radius 1 is 1.50 bits per heavy atom. The van der Waals surface area contributed by atoms with Crippen LogP contribution in [0.25, 0.3) is 0 Å². The van der Waals surface area contributed by atoms with Gasteiger partial charge in [0.2, 0.25) is 0 Å². The highest BCUT2D eigenvalue weighted by molar-refractivity contribution is 5.89. The number of hydrogen-bond donors (Lipinski definition) is 0. The Bertz CT molecular complexity index is 252. The van der Waals surface area contributed by atoms with Crippen molar-refractivity contribution in [1.82, 2.24) is 0 Å². The number of hydrogen-bond acceptors (Lipinski definition) is 3. The molecule has 1 amide bonds. The van der Waals surface area contributed by atoms with Gasteiger partial charge >= 0.3 is 0 Å². The van der Waals surface area contributed by atoms with E-state index in [1.807, 2.05) is 0 Å². The molecule has 4 heteroatoms. The van der Waals surface area contributed by atoms with Crippen LogP contribution in [0.15, 0.2) is 27.5 Å². The smallest absolute Gasteiger partial charge is 0.270 e. The Morgan fingerprint density at radius 2 is 2.40 bits per heavy atom. The summed E-state index contributed by atoms with van der Waals surface area (Å²) in [4.78, 5) is 14.7. The van der Waals surface area contributed by atoms with E-state index in [1.165, 1.54) is 0 Å². The first kappa shape index (κ1) is 5.46. The van der Waals surface area contributed by atoms with Gasteiger partial charge in [-0.05, 0) is 0 Å². The lowest BCUT2D eigenvalue weighted by Crippen LogP contribution is -2.20. The molecule has 0 aliphatic carbocycles. The number of carbonyl (C=O) groups is 1. The second-order valence-corrected chi connectivity index (χ2v) is 2.21. The summed E-state index contributed by atoms with van der Waals surface area (Å²) < 4.78 is 0. The van der Waals surface area contributed by atoms with E-state index in [2.05, 4.69) is 15.2 Å². The van der Waals surface area contributed by atoms with Gasteiger partial charge in [0.1, 0.15) is 6.04 Å². The van der Waals surface area contributed by atoms with Crippen LogP contribution in [-0.4, -0.2) is 18.2 Å². The third-order valence-corrected chi connectivity index (χ3v) is 1.56. The molecule has 0 unspecified atom stereocenters. The molecule has 2 atom stereocenters. The summed E-state index contributed by atoms with van der Waals surface area (Å²) in [5.74, 6) is -0.329. The van der Waals surface area contributed by atoms with E-state index >= 15 is 0 Å². The van der Waals surface area contributed by atoms with Crippen molar-refractivity contribution >= 4 is 12.1 Å². The molecule has 4 nitrogen and oxygen atoms in total. The highest BCUT2D eigenvalue weighted by atomic mass is 16.2. The number of amides is 1. The van der Waals surface area contributed by atoms with Gasteiger partial charge in [-0.2, -0.15) is 5.11 Å². The van der Waals surface area contributed by atoms with Gasteiger partial charge in [-0.3, -0.25) is 9.79 Å². The molecule has 0 aromatic carbocycles. The minimum Gasteiger partial charge on any atom is -0.270 e. The van der Waals surface area contributed by atoms with Crippen LogP contribution in [0.4, 0.5) is 0 Å². The van der Waals surface area contributed by atoms with Crippen molar-refractivity contribution in [2.24, 2.45) is 21.1 Å². The largest absolute Gasteiger partial charge is 0.273 e. The van der Waals surface area contributed by atoms with E-state index in [4.69, 9.17) is 0 Å². The van der Waals surface area contributed by atoms with Gasteiger partial charge in [0.25, 0.3) is 5.91 Å². The lowest BCUT2D eigenvalue weighted by atomic mass is 10.0. The molecule has 0 saturated heterocycles. The predicted octanol–water partition coefficient (Wildman–Crippen LogP) is 0.562. The molecule has 0 radical (unpaired) electrons. The molecular weight excluding hydrogens is 130 g/mol. The van der Waals surface area contributed by atoms with Crippen molar-refractivity contribution in [1.29, 1.82) is 0 Å². The van der Waals surface area contributed by atoms with Crippen molar-refractivity contribution in [3.05, 3.63) is 12.3 Å². The summed E-state index contributed by atoms with van der Waals surface area (Å²) >= 11 is 0. The van der Waals surface area contributed by atoms with Crippen LogP contribution in [0.2, 0.25) is 0 Å².